The molecule has 0 saturated heterocycles. The van der Waals surface area contributed by atoms with Gasteiger partial charge in [0, 0.05) is 27.8 Å². The predicted octanol–water partition coefficient (Wildman–Crippen LogP) is 7.69. The molecule has 2 N–H and O–H groups in total. The van der Waals surface area contributed by atoms with Crippen molar-refractivity contribution in [2.24, 2.45) is 17.8 Å². The molecule has 3 rings (SSSR count). The largest absolute Gasteiger partial charge is 0.352 e. The van der Waals surface area contributed by atoms with Gasteiger partial charge in [0.15, 0.2) is 0 Å². The van der Waals surface area contributed by atoms with Gasteiger partial charge in [-0.15, -0.1) is 0 Å². The van der Waals surface area contributed by atoms with E-state index < -0.39 is 0 Å². The Hall–Kier alpha value is -3.84. The van der Waals surface area contributed by atoms with Crippen molar-refractivity contribution in [1.29, 1.82) is 0 Å². The van der Waals surface area contributed by atoms with Crippen molar-refractivity contribution in [3.63, 3.8) is 0 Å². The van der Waals surface area contributed by atoms with Gasteiger partial charge in [-0.1, -0.05) is 108 Å². The summed E-state index contributed by atoms with van der Waals surface area (Å²) < 4.78 is 0. The van der Waals surface area contributed by atoms with Gasteiger partial charge in [0.2, 0.25) is 11.8 Å². The average Bonchev–Trinajstić information content (AvgIpc) is 2.90. The number of carbonyl (C=O) groups is 2. The molecule has 0 atom stereocenters. The van der Waals surface area contributed by atoms with E-state index in [0.29, 0.717) is 24.9 Å². The van der Waals surface area contributed by atoms with Crippen LogP contribution >= 0.6 is 0 Å². The number of nitrogens with one attached hydrogen (secondary N) is 2. The molecule has 0 aliphatic heterocycles. The van der Waals surface area contributed by atoms with Crippen LogP contribution in [0.25, 0.3) is 11.1 Å². The molecule has 0 heterocycles. The van der Waals surface area contributed by atoms with Crippen molar-refractivity contribution in [3.8, 4) is 23.0 Å². The summed E-state index contributed by atoms with van der Waals surface area (Å²) in [5.74, 6) is 7.45. The number of hydrogen-bond donors (Lipinski definition) is 2. The van der Waals surface area contributed by atoms with Gasteiger partial charge in [-0.05, 0) is 70.7 Å². The van der Waals surface area contributed by atoms with Crippen LogP contribution in [0.15, 0.2) is 72.8 Å². The zero-order valence-corrected chi connectivity index (χ0v) is 25.3. The Morgan fingerprint density at radius 3 is 1.98 bits per heavy atom. The van der Waals surface area contributed by atoms with Crippen LogP contribution in [0, 0.1) is 29.6 Å². The highest BCUT2D eigenvalue weighted by molar-refractivity contribution is 5.78. The lowest BCUT2D eigenvalue weighted by Crippen LogP contribution is -2.27. The van der Waals surface area contributed by atoms with Crippen LogP contribution < -0.4 is 10.6 Å². The normalized spacial score (nSPS) is 10.4. The number of hydrogen-bond acceptors (Lipinski definition) is 2. The zero-order chi connectivity index (χ0) is 29.5. The van der Waals surface area contributed by atoms with Crippen molar-refractivity contribution in [2.75, 3.05) is 6.54 Å². The molecule has 0 aliphatic carbocycles. The summed E-state index contributed by atoms with van der Waals surface area (Å²) in [7, 11) is 0. The first kappa shape index (κ1) is 32.4. The van der Waals surface area contributed by atoms with Gasteiger partial charge in [0.05, 0.1) is 6.54 Å². The summed E-state index contributed by atoms with van der Waals surface area (Å²) >= 11 is 0. The second kappa shape index (κ2) is 17.0. The monoisotopic (exact) mass is 542 g/mol. The van der Waals surface area contributed by atoms with Gasteiger partial charge in [-0.25, -0.2) is 0 Å². The Morgan fingerprint density at radius 1 is 0.725 bits per heavy atom. The predicted molar refractivity (Wildman–Crippen MR) is 172 cm³/mol. The molecule has 0 bridgehead atoms. The van der Waals surface area contributed by atoms with Crippen LogP contribution in [-0.2, 0) is 29.0 Å². The maximum atomic E-state index is 11.4. The molecule has 0 unspecified atom stereocenters. The maximum absolute atomic E-state index is 11.4. The molecule has 0 fully saturated rings. The standard InChI is InChI=1S/C19H23NO.C17H23NO.2H2/c1-14(2)11-16-7-9-18(10-8-16)19-6-4-5-17(12-19)13-20-15(3)21;1-13(2)11-16-8-5-7-15(12-16)9-6-10-18-17(19)14(3)4;;/h4-10,12,14H,11,13H2,1-3H3,(H,20,21);5,7-8,12-14H,10-11H2,1-4H3,(H,18,19);2*1H. The maximum Gasteiger partial charge on any atom is 0.223 e. The van der Waals surface area contributed by atoms with E-state index in [1.165, 1.54) is 29.2 Å². The zero-order valence-electron chi connectivity index (χ0n) is 25.3. The molecule has 0 radical (unpaired) electrons. The first-order chi connectivity index (χ1) is 19.0. The van der Waals surface area contributed by atoms with Crippen LogP contribution in [0.5, 0.6) is 0 Å². The first-order valence-electron chi connectivity index (χ1n) is 14.3. The SMILES string of the molecule is CC(=O)NCc1cccc(-c2ccc(CC(C)C)cc2)c1.CC(C)Cc1cccc(C#CCNC(=O)C(C)C)c1.[HH].[HH]. The van der Waals surface area contributed by atoms with Crippen molar-refractivity contribution >= 4 is 11.8 Å². The third-order valence-electron chi connectivity index (χ3n) is 6.08. The summed E-state index contributed by atoms with van der Waals surface area (Å²) in [5.41, 5.74) is 7.23. The second-order valence-corrected chi connectivity index (χ2v) is 11.4. The molecule has 0 aromatic heterocycles. The van der Waals surface area contributed by atoms with Gasteiger partial charge in [0.1, 0.15) is 0 Å². The number of benzene rings is 3. The Balaban J connectivity index is 0.000000768. The summed E-state index contributed by atoms with van der Waals surface area (Å²) in [6, 6.07) is 25.4. The van der Waals surface area contributed by atoms with Gasteiger partial charge >= 0.3 is 0 Å². The molecule has 216 valence electrons. The topological polar surface area (TPSA) is 58.2 Å². The van der Waals surface area contributed by atoms with Gasteiger partial charge in [0.25, 0.3) is 0 Å². The van der Waals surface area contributed by atoms with Gasteiger partial charge < -0.3 is 10.6 Å². The number of rotatable bonds is 9. The van der Waals surface area contributed by atoms with Gasteiger partial charge in [-0.3, -0.25) is 9.59 Å². The minimum Gasteiger partial charge on any atom is -0.352 e. The Bertz CT molecular complexity index is 1290. The van der Waals surface area contributed by atoms with Crippen LogP contribution in [0.3, 0.4) is 0 Å². The summed E-state index contributed by atoms with van der Waals surface area (Å²) in [6.07, 6.45) is 2.18. The highest BCUT2D eigenvalue weighted by atomic mass is 16.2. The summed E-state index contributed by atoms with van der Waals surface area (Å²) in [4.78, 5) is 22.3. The molecule has 3 aromatic carbocycles. The Morgan fingerprint density at radius 2 is 1.35 bits per heavy atom. The van der Waals surface area contributed by atoms with Crippen LogP contribution in [0.1, 0.15) is 73.6 Å². The van der Waals surface area contributed by atoms with Crippen molar-refractivity contribution < 1.29 is 12.4 Å². The van der Waals surface area contributed by atoms with Crippen molar-refractivity contribution in [2.45, 2.75) is 67.9 Å². The third kappa shape index (κ3) is 12.8. The Kier molecular flexibility index (Phi) is 13.7. The average molecular weight is 543 g/mol. The van der Waals surface area contributed by atoms with E-state index in [1.807, 2.05) is 38.1 Å². The lowest BCUT2D eigenvalue weighted by atomic mass is 9.98. The molecule has 2 amide bonds. The lowest BCUT2D eigenvalue weighted by Gasteiger charge is -2.08. The second-order valence-electron chi connectivity index (χ2n) is 11.4. The quantitative estimate of drug-likeness (QED) is 0.272. The van der Waals surface area contributed by atoms with Crippen LogP contribution in [-0.4, -0.2) is 18.4 Å². The van der Waals surface area contributed by atoms with E-state index in [1.54, 1.807) is 0 Å². The molecular formula is C36H50N2O2. The minimum absolute atomic E-state index is 0. The summed E-state index contributed by atoms with van der Waals surface area (Å²) in [5, 5.41) is 5.62. The summed E-state index contributed by atoms with van der Waals surface area (Å²) in [6.45, 7) is 15.2. The van der Waals surface area contributed by atoms with E-state index in [0.717, 1.165) is 24.0 Å². The Labute approximate surface area is 245 Å². The molecule has 0 aliphatic rings. The van der Waals surface area contributed by atoms with Crippen LogP contribution in [0.2, 0.25) is 0 Å². The molecule has 4 nitrogen and oxygen atoms in total. The van der Waals surface area contributed by atoms with Gasteiger partial charge in [-0.2, -0.15) is 0 Å². The molecule has 40 heavy (non-hydrogen) atoms. The van der Waals surface area contributed by atoms with E-state index in [4.69, 9.17) is 0 Å². The molecule has 3 aromatic rings. The van der Waals surface area contributed by atoms with E-state index in [-0.39, 0.29) is 20.6 Å². The highest BCUT2D eigenvalue weighted by Gasteiger charge is 2.04. The molecule has 0 spiro atoms. The van der Waals surface area contributed by atoms with Crippen molar-refractivity contribution in [1.82, 2.24) is 10.6 Å². The minimum atomic E-state index is -0.00144. The smallest absolute Gasteiger partial charge is 0.223 e. The van der Waals surface area contributed by atoms with E-state index >= 15 is 0 Å². The first-order valence-corrected chi connectivity index (χ1v) is 14.3. The fraction of sp³-hybridized carbons (Fsp3) is 0.389. The fourth-order valence-corrected chi connectivity index (χ4v) is 4.12. The highest BCUT2D eigenvalue weighted by Crippen LogP contribution is 2.22. The third-order valence-corrected chi connectivity index (χ3v) is 6.08. The number of carbonyl (C=O) groups excluding carboxylic acids is 2. The fourth-order valence-electron chi connectivity index (χ4n) is 4.12. The molecule has 0 saturated carbocycles. The molecule has 4 heteroatoms. The van der Waals surface area contributed by atoms with E-state index in [2.05, 4.69) is 98.7 Å². The lowest BCUT2D eigenvalue weighted by molar-refractivity contribution is -0.123. The number of amides is 2. The van der Waals surface area contributed by atoms with E-state index in [9.17, 15) is 9.59 Å². The van der Waals surface area contributed by atoms with Crippen molar-refractivity contribution in [3.05, 3.63) is 95.1 Å². The molecular weight excluding hydrogens is 492 g/mol. The van der Waals surface area contributed by atoms with Crippen LogP contribution in [0.4, 0.5) is 0 Å².